The zero-order chi connectivity index (χ0) is 9.42. The molecular formula is C7H12ClN5. The van der Waals surface area contributed by atoms with Crippen LogP contribution in [0.25, 0.3) is 0 Å². The Bertz CT molecular complexity index is 285. The summed E-state index contributed by atoms with van der Waals surface area (Å²) < 4.78 is 1.60. The fourth-order valence-corrected chi connectivity index (χ4v) is 1.79. The molecular weight excluding hydrogens is 190 g/mol. The maximum Gasteiger partial charge on any atom is 0.120 e. The van der Waals surface area contributed by atoms with Crippen molar-refractivity contribution in [3.63, 3.8) is 0 Å². The van der Waals surface area contributed by atoms with E-state index < -0.39 is 0 Å². The molecule has 0 spiro atoms. The Balaban J connectivity index is 2.37. The van der Waals surface area contributed by atoms with Crippen LogP contribution in [-0.2, 0) is 0 Å². The topological polar surface area (TPSA) is 56.6 Å². The lowest BCUT2D eigenvalue weighted by Gasteiger charge is -2.28. The van der Waals surface area contributed by atoms with Crippen LogP contribution in [0.15, 0.2) is 23.3 Å². The van der Waals surface area contributed by atoms with Crippen molar-refractivity contribution >= 4 is 11.8 Å². The Labute approximate surface area is 81.9 Å². The Hall–Kier alpha value is -1.07. The molecule has 0 atom stereocenters. The van der Waals surface area contributed by atoms with Gasteiger partial charge in [-0.3, -0.25) is 14.9 Å². The van der Waals surface area contributed by atoms with Gasteiger partial charge in [0.05, 0.1) is 11.4 Å². The second-order valence-electron chi connectivity index (χ2n) is 2.99. The summed E-state index contributed by atoms with van der Waals surface area (Å²) in [5, 5.41) is 1.53. The number of hydrogen-bond acceptors (Lipinski definition) is 5. The molecule has 0 saturated heterocycles. The average Bonchev–Trinajstić information content (AvgIpc) is 2.47. The van der Waals surface area contributed by atoms with Gasteiger partial charge in [-0.2, -0.15) is 0 Å². The first-order valence-corrected chi connectivity index (χ1v) is 4.48. The van der Waals surface area contributed by atoms with Crippen LogP contribution in [0, 0.1) is 0 Å². The van der Waals surface area contributed by atoms with Crippen molar-refractivity contribution in [2.45, 2.75) is 13.3 Å². The number of fused-ring (bicyclic) bond motifs is 1. The minimum absolute atomic E-state index is 0.493. The van der Waals surface area contributed by atoms with E-state index in [1.165, 1.54) is 5.01 Å². The number of nitrogens with zero attached hydrogens (tertiary/aromatic N) is 2. The van der Waals surface area contributed by atoms with Gasteiger partial charge in [0, 0.05) is 18.0 Å². The summed E-state index contributed by atoms with van der Waals surface area (Å²) in [7, 11) is 0. The third-order valence-corrected chi connectivity index (χ3v) is 2.34. The van der Waals surface area contributed by atoms with E-state index in [9.17, 15) is 0 Å². The van der Waals surface area contributed by atoms with Gasteiger partial charge >= 0.3 is 0 Å². The van der Waals surface area contributed by atoms with Crippen molar-refractivity contribution in [3.05, 3.63) is 23.3 Å². The number of hydrazine groups is 2. The summed E-state index contributed by atoms with van der Waals surface area (Å²) in [4.78, 5) is 0. The summed E-state index contributed by atoms with van der Waals surface area (Å²) in [6.07, 6.45) is 2.73. The molecule has 0 aromatic rings. The molecule has 0 saturated carbocycles. The monoisotopic (exact) mass is 201 g/mol. The molecule has 2 heterocycles. The van der Waals surface area contributed by atoms with E-state index in [1.54, 1.807) is 4.42 Å². The number of allylic oxidation sites excluding steroid dienone is 1. The molecule has 0 aliphatic carbocycles. The lowest BCUT2D eigenvalue weighted by molar-refractivity contribution is 0.281. The predicted octanol–water partition coefficient (Wildman–Crippen LogP) is 0.160. The lowest BCUT2D eigenvalue weighted by Crippen LogP contribution is -2.39. The first-order chi connectivity index (χ1) is 6.22. The third-order valence-electron chi connectivity index (χ3n) is 2.07. The molecule has 4 N–H and O–H groups in total. The zero-order valence-corrected chi connectivity index (χ0v) is 8.10. The van der Waals surface area contributed by atoms with E-state index in [2.05, 4.69) is 17.8 Å². The second kappa shape index (κ2) is 3.01. The highest BCUT2D eigenvalue weighted by atomic mass is 35.5. The Morgan fingerprint density at radius 2 is 2.38 bits per heavy atom. The van der Waals surface area contributed by atoms with Crippen LogP contribution >= 0.6 is 11.8 Å². The molecule has 0 fully saturated rings. The van der Waals surface area contributed by atoms with E-state index >= 15 is 0 Å². The molecule has 5 nitrogen and oxygen atoms in total. The quantitative estimate of drug-likeness (QED) is 0.417. The van der Waals surface area contributed by atoms with Crippen molar-refractivity contribution in [2.75, 3.05) is 6.67 Å². The van der Waals surface area contributed by atoms with Crippen molar-refractivity contribution in [2.24, 2.45) is 5.84 Å². The van der Waals surface area contributed by atoms with Crippen LogP contribution in [0.1, 0.15) is 13.3 Å². The van der Waals surface area contributed by atoms with Gasteiger partial charge in [0.25, 0.3) is 0 Å². The second-order valence-corrected chi connectivity index (χ2v) is 3.40. The van der Waals surface area contributed by atoms with Gasteiger partial charge < -0.3 is 5.43 Å². The molecule has 0 unspecified atom stereocenters. The maximum absolute atomic E-state index is 6.02. The fourth-order valence-electron chi connectivity index (χ4n) is 1.47. The molecule has 0 radical (unpaired) electrons. The van der Waals surface area contributed by atoms with Crippen molar-refractivity contribution in [1.29, 1.82) is 0 Å². The molecule has 2 aliphatic rings. The molecule has 72 valence electrons. The van der Waals surface area contributed by atoms with E-state index in [-0.39, 0.29) is 0 Å². The lowest BCUT2D eigenvalue weighted by atomic mass is 10.2. The first-order valence-electron chi connectivity index (χ1n) is 4.14. The summed E-state index contributed by atoms with van der Waals surface area (Å²) in [6.45, 7) is 2.56. The zero-order valence-electron chi connectivity index (χ0n) is 7.34. The number of hydrogen-bond donors (Lipinski definition) is 3. The van der Waals surface area contributed by atoms with Crippen LogP contribution in [0.3, 0.4) is 0 Å². The van der Waals surface area contributed by atoms with Crippen LogP contribution in [0.5, 0.6) is 0 Å². The molecule has 13 heavy (non-hydrogen) atoms. The first kappa shape index (κ1) is 8.52. The van der Waals surface area contributed by atoms with E-state index in [0.29, 0.717) is 6.67 Å². The van der Waals surface area contributed by atoms with Gasteiger partial charge in [-0.15, -0.1) is 0 Å². The predicted molar refractivity (Wildman–Crippen MR) is 50.3 cm³/mol. The minimum Gasteiger partial charge on any atom is -0.303 e. The molecule has 6 heteroatoms. The van der Waals surface area contributed by atoms with Gasteiger partial charge in [0.15, 0.2) is 0 Å². The van der Waals surface area contributed by atoms with Crippen LogP contribution in [0.4, 0.5) is 0 Å². The molecule has 0 amide bonds. The molecule has 2 rings (SSSR count). The largest absolute Gasteiger partial charge is 0.303 e. The standard InChI is InChI=1S/C7H12ClN5/c1-2-5-7-6(11-10-5)3-12(9)4-13(7)8/h3,10-11H,2,4,9H2,1H3. The van der Waals surface area contributed by atoms with Gasteiger partial charge in [-0.25, -0.2) is 5.84 Å². The minimum atomic E-state index is 0.493. The van der Waals surface area contributed by atoms with Gasteiger partial charge in [-0.1, -0.05) is 6.92 Å². The van der Waals surface area contributed by atoms with Gasteiger partial charge in [-0.05, 0) is 6.42 Å². The van der Waals surface area contributed by atoms with Crippen LogP contribution < -0.4 is 16.7 Å². The van der Waals surface area contributed by atoms with Crippen molar-refractivity contribution in [1.82, 2.24) is 20.3 Å². The molecule has 2 aliphatic heterocycles. The van der Waals surface area contributed by atoms with E-state index in [0.717, 1.165) is 23.5 Å². The SMILES string of the molecule is CCC1=C2C(=CN(N)CN2Cl)NN1. The van der Waals surface area contributed by atoms with Crippen LogP contribution in [0.2, 0.25) is 0 Å². The molecule has 0 aromatic heterocycles. The highest BCUT2D eigenvalue weighted by molar-refractivity contribution is 6.14. The Kier molecular flexibility index (Phi) is 1.97. The van der Waals surface area contributed by atoms with Crippen LogP contribution in [-0.4, -0.2) is 16.1 Å². The number of nitrogens with one attached hydrogen (secondary N) is 2. The van der Waals surface area contributed by atoms with Gasteiger partial charge in [0.1, 0.15) is 12.4 Å². The highest BCUT2D eigenvalue weighted by Crippen LogP contribution is 2.27. The highest BCUT2D eigenvalue weighted by Gasteiger charge is 2.27. The Morgan fingerprint density at radius 3 is 3.08 bits per heavy atom. The Morgan fingerprint density at radius 1 is 1.62 bits per heavy atom. The maximum atomic E-state index is 6.02. The fraction of sp³-hybridized carbons (Fsp3) is 0.429. The van der Waals surface area contributed by atoms with Crippen molar-refractivity contribution in [3.8, 4) is 0 Å². The third kappa shape index (κ3) is 1.30. The average molecular weight is 202 g/mol. The summed E-state index contributed by atoms with van der Waals surface area (Å²) in [5.41, 5.74) is 9.06. The van der Waals surface area contributed by atoms with E-state index in [1.807, 2.05) is 6.20 Å². The number of rotatable bonds is 1. The number of nitrogens with two attached hydrogens (primary N) is 1. The molecule has 0 bridgehead atoms. The number of halogens is 1. The van der Waals surface area contributed by atoms with Gasteiger partial charge in [0.2, 0.25) is 0 Å². The van der Waals surface area contributed by atoms with E-state index in [4.69, 9.17) is 17.6 Å². The van der Waals surface area contributed by atoms with Crippen molar-refractivity contribution < 1.29 is 0 Å². The summed E-state index contributed by atoms with van der Waals surface area (Å²) in [5.74, 6) is 5.61. The smallest absolute Gasteiger partial charge is 0.120 e. The summed E-state index contributed by atoms with van der Waals surface area (Å²) >= 11 is 6.02. The molecule has 0 aromatic carbocycles. The normalized spacial score (nSPS) is 21.0. The summed E-state index contributed by atoms with van der Waals surface area (Å²) in [6, 6.07) is 0.